The molecule has 2 saturated heterocycles. The molecule has 2 aliphatic rings. The van der Waals surface area contributed by atoms with Gasteiger partial charge in [0.05, 0.1) is 6.04 Å². The fraction of sp³-hybridized carbons (Fsp3) is 0.600. The Morgan fingerprint density at radius 2 is 2.33 bits per heavy atom. The molecule has 2 aliphatic heterocycles. The Bertz CT molecular complexity index is 503. The quantitative estimate of drug-likeness (QED) is 0.920. The van der Waals surface area contributed by atoms with Gasteiger partial charge in [0.2, 0.25) is 5.91 Å². The first kappa shape index (κ1) is 14.4. The van der Waals surface area contributed by atoms with Gasteiger partial charge in [0.1, 0.15) is 0 Å². The van der Waals surface area contributed by atoms with Gasteiger partial charge in [-0.1, -0.05) is 0 Å². The standard InChI is InChI=1S/C15H21N3O2S/c19-14(4-3-12-5-9-21-11-12)17-7-1-2-13(10-17)18-8-6-16-15(18)20/h5,9,11,13H,1-4,6-8,10H2,(H,16,20). The number of hydrogen-bond donors (Lipinski definition) is 1. The first-order chi connectivity index (χ1) is 10.2. The van der Waals surface area contributed by atoms with Crippen molar-refractivity contribution < 1.29 is 9.59 Å². The van der Waals surface area contributed by atoms with Crippen LogP contribution >= 0.6 is 11.3 Å². The first-order valence-corrected chi connectivity index (χ1v) is 8.51. The van der Waals surface area contributed by atoms with Crippen LogP contribution in [0.2, 0.25) is 0 Å². The molecule has 0 spiro atoms. The van der Waals surface area contributed by atoms with E-state index in [1.54, 1.807) is 11.3 Å². The molecule has 0 bridgehead atoms. The van der Waals surface area contributed by atoms with Crippen molar-refractivity contribution in [3.8, 4) is 0 Å². The van der Waals surface area contributed by atoms with Gasteiger partial charge < -0.3 is 15.1 Å². The van der Waals surface area contributed by atoms with Crippen LogP contribution in [-0.2, 0) is 11.2 Å². The van der Waals surface area contributed by atoms with E-state index in [1.165, 1.54) is 5.56 Å². The molecule has 1 aromatic heterocycles. The molecule has 1 unspecified atom stereocenters. The molecule has 0 saturated carbocycles. The summed E-state index contributed by atoms with van der Waals surface area (Å²) in [4.78, 5) is 27.9. The number of aryl methyl sites for hydroxylation is 1. The number of piperidine rings is 1. The van der Waals surface area contributed by atoms with E-state index in [-0.39, 0.29) is 18.0 Å². The van der Waals surface area contributed by atoms with Crippen molar-refractivity contribution in [3.05, 3.63) is 22.4 Å². The molecule has 6 heteroatoms. The monoisotopic (exact) mass is 307 g/mol. The first-order valence-electron chi connectivity index (χ1n) is 7.57. The van der Waals surface area contributed by atoms with Crippen molar-refractivity contribution in [3.63, 3.8) is 0 Å². The predicted molar refractivity (Wildman–Crippen MR) is 82.3 cm³/mol. The van der Waals surface area contributed by atoms with Crippen LogP contribution < -0.4 is 5.32 Å². The molecule has 3 amide bonds. The zero-order chi connectivity index (χ0) is 14.7. The largest absolute Gasteiger partial charge is 0.341 e. The van der Waals surface area contributed by atoms with E-state index in [4.69, 9.17) is 0 Å². The molecular formula is C15H21N3O2S. The molecule has 2 fully saturated rings. The fourth-order valence-electron chi connectivity index (χ4n) is 3.11. The van der Waals surface area contributed by atoms with Crippen molar-refractivity contribution in [2.75, 3.05) is 26.2 Å². The third-order valence-corrected chi connectivity index (χ3v) is 5.02. The maximum Gasteiger partial charge on any atom is 0.317 e. The summed E-state index contributed by atoms with van der Waals surface area (Å²) in [5, 5.41) is 6.98. The lowest BCUT2D eigenvalue weighted by atomic mass is 10.0. The van der Waals surface area contributed by atoms with Crippen molar-refractivity contribution >= 4 is 23.3 Å². The van der Waals surface area contributed by atoms with E-state index < -0.39 is 0 Å². The van der Waals surface area contributed by atoms with Crippen LogP contribution in [-0.4, -0.2) is 54.0 Å². The number of thiophene rings is 1. The summed E-state index contributed by atoms with van der Waals surface area (Å²) in [6, 6.07) is 2.28. The van der Waals surface area contributed by atoms with Gasteiger partial charge in [0.15, 0.2) is 0 Å². The summed E-state index contributed by atoms with van der Waals surface area (Å²) >= 11 is 1.67. The minimum atomic E-state index is 0.0209. The van der Waals surface area contributed by atoms with Gasteiger partial charge in [0, 0.05) is 32.6 Å². The highest BCUT2D eigenvalue weighted by Gasteiger charge is 2.32. The molecule has 114 valence electrons. The Kier molecular flexibility index (Phi) is 4.43. The van der Waals surface area contributed by atoms with E-state index in [2.05, 4.69) is 16.8 Å². The van der Waals surface area contributed by atoms with Crippen LogP contribution in [0.3, 0.4) is 0 Å². The number of carbonyl (C=O) groups is 2. The molecule has 5 nitrogen and oxygen atoms in total. The molecule has 3 rings (SSSR count). The minimum absolute atomic E-state index is 0.0209. The van der Waals surface area contributed by atoms with E-state index in [9.17, 15) is 9.59 Å². The minimum Gasteiger partial charge on any atom is -0.341 e. The second-order valence-electron chi connectivity index (χ2n) is 5.69. The van der Waals surface area contributed by atoms with Gasteiger partial charge in [-0.15, -0.1) is 0 Å². The molecule has 1 atom stereocenters. The van der Waals surface area contributed by atoms with Gasteiger partial charge in [-0.3, -0.25) is 4.79 Å². The third-order valence-electron chi connectivity index (χ3n) is 4.29. The van der Waals surface area contributed by atoms with Crippen molar-refractivity contribution in [2.45, 2.75) is 31.7 Å². The van der Waals surface area contributed by atoms with Crippen LogP contribution in [0.25, 0.3) is 0 Å². The molecule has 21 heavy (non-hydrogen) atoms. The highest BCUT2D eigenvalue weighted by molar-refractivity contribution is 7.07. The topological polar surface area (TPSA) is 52.7 Å². The smallest absolute Gasteiger partial charge is 0.317 e. The maximum atomic E-state index is 12.3. The van der Waals surface area contributed by atoms with Crippen LogP contribution in [0.15, 0.2) is 16.8 Å². The Morgan fingerprint density at radius 1 is 1.43 bits per heavy atom. The lowest BCUT2D eigenvalue weighted by Gasteiger charge is -2.37. The van der Waals surface area contributed by atoms with E-state index in [0.29, 0.717) is 13.0 Å². The molecule has 0 radical (unpaired) electrons. The second kappa shape index (κ2) is 6.47. The summed E-state index contributed by atoms with van der Waals surface area (Å²) in [7, 11) is 0. The van der Waals surface area contributed by atoms with E-state index >= 15 is 0 Å². The average molecular weight is 307 g/mol. The number of urea groups is 1. The highest BCUT2D eigenvalue weighted by Crippen LogP contribution is 2.19. The van der Waals surface area contributed by atoms with Crippen LogP contribution in [0.4, 0.5) is 4.79 Å². The van der Waals surface area contributed by atoms with Gasteiger partial charge in [0.25, 0.3) is 0 Å². The molecule has 0 aromatic carbocycles. The lowest BCUT2D eigenvalue weighted by molar-refractivity contribution is -0.133. The van der Waals surface area contributed by atoms with Gasteiger partial charge >= 0.3 is 6.03 Å². The lowest BCUT2D eigenvalue weighted by Crippen LogP contribution is -2.50. The summed E-state index contributed by atoms with van der Waals surface area (Å²) < 4.78 is 0. The number of hydrogen-bond acceptors (Lipinski definition) is 3. The predicted octanol–water partition coefficient (Wildman–Crippen LogP) is 1.70. The number of likely N-dealkylation sites (tertiary alicyclic amines) is 1. The number of carbonyl (C=O) groups excluding carboxylic acids is 2. The number of amides is 3. The molecule has 0 aliphatic carbocycles. The molecule has 3 heterocycles. The number of nitrogens with one attached hydrogen (secondary N) is 1. The van der Waals surface area contributed by atoms with Crippen LogP contribution in [0.5, 0.6) is 0 Å². The number of nitrogens with zero attached hydrogens (tertiary/aromatic N) is 2. The zero-order valence-corrected chi connectivity index (χ0v) is 12.9. The third kappa shape index (κ3) is 3.37. The molecule has 1 N–H and O–H groups in total. The highest BCUT2D eigenvalue weighted by atomic mass is 32.1. The summed E-state index contributed by atoms with van der Waals surface area (Å²) in [5.41, 5.74) is 1.24. The molecular weight excluding hydrogens is 286 g/mol. The van der Waals surface area contributed by atoms with Gasteiger partial charge in [-0.25, -0.2) is 4.79 Å². The second-order valence-corrected chi connectivity index (χ2v) is 6.47. The SMILES string of the molecule is O=C(CCc1ccsc1)N1CCCC(N2CCNC2=O)C1. The number of rotatable bonds is 4. The Labute approximate surface area is 128 Å². The Hall–Kier alpha value is -1.56. The van der Waals surface area contributed by atoms with Crippen LogP contribution in [0.1, 0.15) is 24.8 Å². The van der Waals surface area contributed by atoms with Gasteiger partial charge in [-0.05, 0) is 41.7 Å². The van der Waals surface area contributed by atoms with Crippen molar-refractivity contribution in [2.24, 2.45) is 0 Å². The fourth-order valence-corrected chi connectivity index (χ4v) is 3.82. The summed E-state index contributed by atoms with van der Waals surface area (Å²) in [6.45, 7) is 3.01. The van der Waals surface area contributed by atoms with Crippen molar-refractivity contribution in [1.29, 1.82) is 0 Å². The van der Waals surface area contributed by atoms with E-state index in [1.807, 2.05) is 15.2 Å². The molecule has 1 aromatic rings. The Balaban J connectivity index is 1.52. The van der Waals surface area contributed by atoms with Crippen molar-refractivity contribution in [1.82, 2.24) is 15.1 Å². The van der Waals surface area contributed by atoms with Crippen LogP contribution in [0, 0.1) is 0 Å². The van der Waals surface area contributed by atoms with E-state index in [0.717, 1.165) is 38.9 Å². The normalized spacial score (nSPS) is 22.5. The Morgan fingerprint density at radius 3 is 3.05 bits per heavy atom. The summed E-state index contributed by atoms with van der Waals surface area (Å²) in [6.07, 6.45) is 3.36. The summed E-state index contributed by atoms with van der Waals surface area (Å²) in [5.74, 6) is 0.213. The van der Waals surface area contributed by atoms with Gasteiger partial charge in [-0.2, -0.15) is 11.3 Å². The average Bonchev–Trinajstić information content (AvgIpc) is 3.16. The maximum absolute atomic E-state index is 12.3. The zero-order valence-electron chi connectivity index (χ0n) is 12.1.